The van der Waals surface area contributed by atoms with Crippen molar-refractivity contribution in [2.45, 2.75) is 31.2 Å². The minimum atomic E-state index is -0.342. The third-order valence-electron chi connectivity index (χ3n) is 4.98. The first-order chi connectivity index (χ1) is 12.6. The summed E-state index contributed by atoms with van der Waals surface area (Å²) in [4.78, 5) is 18.5. The van der Waals surface area contributed by atoms with Crippen LogP contribution in [0, 0.1) is 5.82 Å². The third kappa shape index (κ3) is 3.61. The van der Waals surface area contributed by atoms with Gasteiger partial charge in [0.15, 0.2) is 0 Å². The molecule has 1 spiro atoms. The van der Waals surface area contributed by atoms with E-state index in [-0.39, 0.29) is 23.4 Å². The Kier molecular flexibility index (Phi) is 4.70. The topological polar surface area (TPSA) is 51.7 Å². The van der Waals surface area contributed by atoms with Crippen LogP contribution in [-0.2, 0) is 16.1 Å². The standard InChI is InChI=1S/C20H21FN2O3/c21-16-6-4-15(5-7-16)19(24)23-13-20(14-23)11-18(8-10-26-20)25-12-17-3-1-2-9-22-17/h1-7,9,18H,8,10-14H2. The van der Waals surface area contributed by atoms with Gasteiger partial charge in [-0.3, -0.25) is 9.78 Å². The predicted octanol–water partition coefficient (Wildman–Crippen LogP) is 2.81. The quantitative estimate of drug-likeness (QED) is 0.845. The predicted molar refractivity (Wildman–Crippen MR) is 93.0 cm³/mol. The number of pyridine rings is 1. The van der Waals surface area contributed by atoms with Gasteiger partial charge in [0.25, 0.3) is 5.91 Å². The Bertz CT molecular complexity index is 760. The fourth-order valence-corrected chi connectivity index (χ4v) is 3.60. The van der Waals surface area contributed by atoms with Crippen LogP contribution in [-0.4, -0.2) is 47.2 Å². The molecule has 6 heteroatoms. The van der Waals surface area contributed by atoms with Crippen LogP contribution in [0.4, 0.5) is 4.39 Å². The minimum Gasteiger partial charge on any atom is -0.372 e. The summed E-state index contributed by atoms with van der Waals surface area (Å²) < 4.78 is 25.0. The molecule has 0 radical (unpaired) electrons. The van der Waals surface area contributed by atoms with E-state index in [2.05, 4.69) is 4.98 Å². The highest BCUT2D eigenvalue weighted by atomic mass is 19.1. The number of ether oxygens (including phenoxy) is 2. The first-order valence-corrected chi connectivity index (χ1v) is 8.84. The third-order valence-corrected chi connectivity index (χ3v) is 4.98. The largest absolute Gasteiger partial charge is 0.372 e. The molecule has 0 saturated carbocycles. The summed E-state index contributed by atoms with van der Waals surface area (Å²) in [6.07, 6.45) is 3.48. The number of carbonyl (C=O) groups excluding carboxylic acids is 1. The second-order valence-corrected chi connectivity index (χ2v) is 6.95. The van der Waals surface area contributed by atoms with E-state index in [9.17, 15) is 9.18 Å². The molecule has 1 aromatic carbocycles. The zero-order valence-corrected chi connectivity index (χ0v) is 14.4. The Labute approximate surface area is 151 Å². The van der Waals surface area contributed by atoms with E-state index in [4.69, 9.17) is 9.47 Å². The van der Waals surface area contributed by atoms with Gasteiger partial charge in [-0.1, -0.05) is 6.07 Å². The number of aromatic nitrogens is 1. The molecular weight excluding hydrogens is 335 g/mol. The van der Waals surface area contributed by atoms with Crippen molar-refractivity contribution in [1.82, 2.24) is 9.88 Å². The number of hydrogen-bond donors (Lipinski definition) is 0. The summed E-state index contributed by atoms with van der Waals surface area (Å²) >= 11 is 0. The lowest BCUT2D eigenvalue weighted by molar-refractivity contribution is -0.188. The van der Waals surface area contributed by atoms with Crippen LogP contribution < -0.4 is 0 Å². The van der Waals surface area contributed by atoms with E-state index in [0.29, 0.717) is 31.9 Å². The first-order valence-electron chi connectivity index (χ1n) is 8.84. The maximum atomic E-state index is 13.0. The summed E-state index contributed by atoms with van der Waals surface area (Å²) in [5, 5.41) is 0. The van der Waals surface area contributed by atoms with Crippen LogP contribution in [0.2, 0.25) is 0 Å². The number of carbonyl (C=O) groups is 1. The van der Waals surface area contributed by atoms with Crippen LogP contribution in [0.5, 0.6) is 0 Å². The summed E-state index contributed by atoms with van der Waals surface area (Å²) in [7, 11) is 0. The first kappa shape index (κ1) is 17.1. The van der Waals surface area contributed by atoms with Gasteiger partial charge >= 0.3 is 0 Å². The highest BCUT2D eigenvalue weighted by Gasteiger charge is 2.49. The van der Waals surface area contributed by atoms with Crippen LogP contribution in [0.15, 0.2) is 48.7 Å². The van der Waals surface area contributed by atoms with Crippen LogP contribution in [0.25, 0.3) is 0 Å². The normalized spacial score (nSPS) is 21.4. The Morgan fingerprint density at radius 3 is 2.81 bits per heavy atom. The molecule has 1 aromatic heterocycles. The molecule has 2 aliphatic heterocycles. The van der Waals surface area contributed by atoms with Gasteiger partial charge in [-0.15, -0.1) is 0 Å². The fraction of sp³-hybridized carbons (Fsp3) is 0.400. The molecule has 0 bridgehead atoms. The molecule has 0 N–H and O–H groups in total. The average Bonchev–Trinajstić information content (AvgIpc) is 2.65. The van der Waals surface area contributed by atoms with Gasteiger partial charge < -0.3 is 14.4 Å². The molecule has 2 aromatic rings. The lowest BCUT2D eigenvalue weighted by atomic mass is 9.84. The maximum absolute atomic E-state index is 13.0. The number of halogens is 1. The highest BCUT2D eigenvalue weighted by molar-refractivity contribution is 5.94. The number of amides is 1. The van der Waals surface area contributed by atoms with Gasteiger partial charge in [0, 0.05) is 24.8 Å². The Morgan fingerprint density at radius 1 is 1.27 bits per heavy atom. The van der Waals surface area contributed by atoms with E-state index in [1.54, 1.807) is 11.1 Å². The fourth-order valence-electron chi connectivity index (χ4n) is 3.60. The van der Waals surface area contributed by atoms with Crippen molar-refractivity contribution in [2.75, 3.05) is 19.7 Å². The molecular formula is C20H21FN2O3. The van der Waals surface area contributed by atoms with E-state index in [1.165, 1.54) is 24.3 Å². The van der Waals surface area contributed by atoms with E-state index in [1.807, 2.05) is 18.2 Å². The number of nitrogens with zero attached hydrogens (tertiary/aromatic N) is 2. The van der Waals surface area contributed by atoms with Crippen molar-refractivity contribution in [3.05, 3.63) is 65.7 Å². The molecule has 26 heavy (non-hydrogen) atoms. The molecule has 5 nitrogen and oxygen atoms in total. The van der Waals surface area contributed by atoms with Crippen molar-refractivity contribution in [3.8, 4) is 0 Å². The number of benzene rings is 1. The van der Waals surface area contributed by atoms with Gasteiger partial charge in [0.2, 0.25) is 0 Å². The smallest absolute Gasteiger partial charge is 0.254 e. The molecule has 1 unspecified atom stereocenters. The number of likely N-dealkylation sites (tertiary alicyclic amines) is 1. The van der Waals surface area contributed by atoms with E-state index < -0.39 is 0 Å². The van der Waals surface area contributed by atoms with Crippen LogP contribution in [0.3, 0.4) is 0 Å². The lowest BCUT2D eigenvalue weighted by Gasteiger charge is -2.53. The van der Waals surface area contributed by atoms with E-state index in [0.717, 1.165) is 18.5 Å². The minimum absolute atomic E-state index is 0.0873. The lowest BCUT2D eigenvalue weighted by Crippen LogP contribution is -2.67. The van der Waals surface area contributed by atoms with Crippen LogP contribution in [0.1, 0.15) is 28.9 Å². The van der Waals surface area contributed by atoms with Crippen molar-refractivity contribution >= 4 is 5.91 Å². The second kappa shape index (κ2) is 7.13. The molecule has 2 fully saturated rings. The molecule has 2 aliphatic rings. The van der Waals surface area contributed by atoms with Crippen LogP contribution >= 0.6 is 0 Å². The summed E-state index contributed by atoms with van der Waals surface area (Å²) in [6.45, 7) is 2.21. The van der Waals surface area contributed by atoms with Gasteiger partial charge in [0.05, 0.1) is 31.5 Å². The molecule has 0 aliphatic carbocycles. The van der Waals surface area contributed by atoms with Gasteiger partial charge in [-0.25, -0.2) is 4.39 Å². The number of hydrogen-bond acceptors (Lipinski definition) is 4. The highest BCUT2D eigenvalue weighted by Crippen LogP contribution is 2.36. The zero-order valence-electron chi connectivity index (χ0n) is 14.4. The van der Waals surface area contributed by atoms with Crippen molar-refractivity contribution in [2.24, 2.45) is 0 Å². The molecule has 4 rings (SSSR count). The van der Waals surface area contributed by atoms with Crippen molar-refractivity contribution in [1.29, 1.82) is 0 Å². The number of rotatable bonds is 4. The summed E-state index contributed by atoms with van der Waals surface area (Å²) in [5.41, 5.74) is 1.10. The second-order valence-electron chi connectivity index (χ2n) is 6.95. The van der Waals surface area contributed by atoms with Gasteiger partial charge in [-0.05, 0) is 42.8 Å². The van der Waals surface area contributed by atoms with Crippen molar-refractivity contribution in [3.63, 3.8) is 0 Å². The Hall–Kier alpha value is -2.31. The Balaban J connectivity index is 1.31. The molecule has 136 valence electrons. The van der Waals surface area contributed by atoms with Crippen molar-refractivity contribution < 1.29 is 18.7 Å². The maximum Gasteiger partial charge on any atom is 0.254 e. The molecule has 2 saturated heterocycles. The summed E-state index contributed by atoms with van der Waals surface area (Å²) in [5.74, 6) is -0.430. The molecule has 1 amide bonds. The summed E-state index contributed by atoms with van der Waals surface area (Å²) in [6, 6.07) is 11.4. The zero-order chi connectivity index (χ0) is 18.0. The molecule has 3 heterocycles. The van der Waals surface area contributed by atoms with E-state index >= 15 is 0 Å². The monoisotopic (exact) mass is 356 g/mol. The average molecular weight is 356 g/mol. The molecule has 1 atom stereocenters. The SMILES string of the molecule is O=C(c1ccc(F)cc1)N1CC2(CC(OCc3ccccn3)CCO2)C1. The van der Waals surface area contributed by atoms with Gasteiger partial charge in [0.1, 0.15) is 11.4 Å². The Morgan fingerprint density at radius 2 is 2.08 bits per heavy atom. The van der Waals surface area contributed by atoms with Gasteiger partial charge in [-0.2, -0.15) is 0 Å².